The van der Waals surface area contributed by atoms with Gasteiger partial charge in [-0.1, -0.05) is 41.7 Å². The van der Waals surface area contributed by atoms with Crippen LogP contribution < -0.4 is 5.32 Å². The van der Waals surface area contributed by atoms with Crippen LogP contribution in [-0.4, -0.2) is 33.5 Å². The largest absolute Gasteiger partial charge is 0.464 e. The topological polar surface area (TPSA) is 86.1 Å². The predicted octanol–water partition coefficient (Wildman–Crippen LogP) is 4.52. The summed E-state index contributed by atoms with van der Waals surface area (Å²) >= 11 is 2.59. The van der Waals surface area contributed by atoms with E-state index < -0.39 is 5.97 Å². The quantitative estimate of drug-likeness (QED) is 0.417. The van der Waals surface area contributed by atoms with Gasteiger partial charge in [0.05, 0.1) is 12.8 Å². The van der Waals surface area contributed by atoms with Crippen molar-refractivity contribution in [2.75, 3.05) is 12.4 Å². The lowest BCUT2D eigenvalue weighted by Gasteiger charge is -2.01. The number of anilines is 1. The second-order valence-corrected chi connectivity index (χ2v) is 8.78. The number of carbonyl (C=O) groups is 2. The van der Waals surface area contributed by atoms with Crippen molar-refractivity contribution in [2.45, 2.75) is 19.8 Å². The summed E-state index contributed by atoms with van der Waals surface area (Å²) in [7, 11) is 1.32. The second-order valence-electron chi connectivity index (χ2n) is 6.72. The average molecular weight is 453 g/mol. The summed E-state index contributed by atoms with van der Waals surface area (Å²) in [6.45, 7) is 1.80. The molecule has 0 saturated heterocycles. The lowest BCUT2D eigenvalue weighted by Crippen LogP contribution is -2.12. The van der Waals surface area contributed by atoms with Gasteiger partial charge >= 0.3 is 5.97 Å². The van der Waals surface area contributed by atoms with Crippen LogP contribution in [0.2, 0.25) is 0 Å². The third kappa shape index (κ3) is 4.73. The fraction of sp³-hybridized carbons (Fsp3) is 0.182. The Balaban J connectivity index is 1.53. The molecule has 1 amide bonds. The Morgan fingerprint density at radius 3 is 2.48 bits per heavy atom. The Bertz CT molecular complexity index is 1200. The molecule has 0 bridgehead atoms. The third-order valence-corrected chi connectivity index (χ3v) is 6.80. The zero-order valence-electron chi connectivity index (χ0n) is 17.0. The molecule has 0 saturated carbocycles. The van der Waals surface area contributed by atoms with Gasteiger partial charge in [-0.3, -0.25) is 10.1 Å². The summed E-state index contributed by atoms with van der Waals surface area (Å²) in [6.07, 6.45) is 5.14. The highest BCUT2D eigenvalue weighted by Gasteiger charge is 2.22. The predicted molar refractivity (Wildman–Crippen MR) is 121 cm³/mol. The van der Waals surface area contributed by atoms with Crippen molar-refractivity contribution in [1.82, 2.24) is 14.5 Å². The van der Waals surface area contributed by atoms with Crippen LogP contribution in [0.3, 0.4) is 0 Å². The van der Waals surface area contributed by atoms with Crippen LogP contribution in [0, 0.1) is 6.92 Å². The number of aromatic nitrogens is 3. The molecule has 4 aromatic rings. The highest BCUT2D eigenvalue weighted by molar-refractivity contribution is 7.17. The number of carbonyl (C=O) groups excluding carboxylic acids is 2. The first kappa shape index (κ1) is 21.0. The van der Waals surface area contributed by atoms with E-state index >= 15 is 0 Å². The van der Waals surface area contributed by atoms with E-state index in [2.05, 4.69) is 15.3 Å². The molecule has 0 aliphatic carbocycles. The molecule has 31 heavy (non-hydrogen) atoms. The maximum atomic E-state index is 12.9. The van der Waals surface area contributed by atoms with Gasteiger partial charge < -0.3 is 9.30 Å². The van der Waals surface area contributed by atoms with Crippen LogP contribution in [0.4, 0.5) is 5.13 Å². The minimum atomic E-state index is -0.510. The second kappa shape index (κ2) is 9.23. The molecule has 4 rings (SSSR count). The van der Waals surface area contributed by atoms with Gasteiger partial charge in [0.15, 0.2) is 16.0 Å². The number of esters is 1. The Hall–Kier alpha value is -3.30. The fourth-order valence-corrected chi connectivity index (χ4v) is 4.93. The van der Waals surface area contributed by atoms with E-state index in [0.29, 0.717) is 27.3 Å². The molecule has 3 aromatic heterocycles. The van der Waals surface area contributed by atoms with Crippen molar-refractivity contribution in [3.63, 3.8) is 0 Å². The Morgan fingerprint density at radius 1 is 1.03 bits per heavy atom. The number of hydrogen-bond acceptors (Lipinski definition) is 7. The molecule has 0 radical (unpaired) electrons. The number of nitrogens with zero attached hydrogens (tertiary/aromatic N) is 3. The molecular formula is C22H20N4O3S2. The average Bonchev–Trinajstić information content (AvgIpc) is 3.52. The Morgan fingerprint density at radius 2 is 1.77 bits per heavy atom. The van der Waals surface area contributed by atoms with Gasteiger partial charge in [0, 0.05) is 17.3 Å². The SMILES string of the molecule is COC(=O)c1nc(NC(=O)c2sc(-n3cccc3)nc2C)sc1CCc1ccccc1. The first-order valence-electron chi connectivity index (χ1n) is 9.59. The van der Waals surface area contributed by atoms with Gasteiger partial charge in [0.1, 0.15) is 4.88 Å². The summed E-state index contributed by atoms with van der Waals surface area (Å²) in [4.78, 5) is 35.2. The Kier molecular flexibility index (Phi) is 6.24. The zero-order chi connectivity index (χ0) is 21.8. The van der Waals surface area contributed by atoms with E-state index in [0.717, 1.165) is 16.9 Å². The zero-order valence-corrected chi connectivity index (χ0v) is 18.6. The van der Waals surface area contributed by atoms with Crippen molar-refractivity contribution < 1.29 is 14.3 Å². The molecule has 7 nitrogen and oxygen atoms in total. The third-order valence-electron chi connectivity index (χ3n) is 4.60. The van der Waals surface area contributed by atoms with Crippen LogP contribution >= 0.6 is 22.7 Å². The van der Waals surface area contributed by atoms with Crippen molar-refractivity contribution in [3.8, 4) is 5.13 Å². The van der Waals surface area contributed by atoms with Crippen LogP contribution in [0.1, 0.15) is 36.3 Å². The molecule has 0 spiro atoms. The van der Waals surface area contributed by atoms with E-state index in [1.807, 2.05) is 59.4 Å². The van der Waals surface area contributed by atoms with E-state index in [1.165, 1.54) is 29.8 Å². The van der Waals surface area contributed by atoms with Crippen LogP contribution in [-0.2, 0) is 17.6 Å². The number of rotatable bonds is 7. The molecule has 0 atom stereocenters. The molecule has 0 unspecified atom stereocenters. The summed E-state index contributed by atoms with van der Waals surface area (Å²) in [5, 5.41) is 3.90. The number of nitrogens with one attached hydrogen (secondary N) is 1. The monoisotopic (exact) mass is 452 g/mol. The van der Waals surface area contributed by atoms with Crippen molar-refractivity contribution in [1.29, 1.82) is 0 Å². The molecule has 0 aliphatic heterocycles. The van der Waals surface area contributed by atoms with Crippen LogP contribution in [0.25, 0.3) is 5.13 Å². The minimum Gasteiger partial charge on any atom is -0.464 e. The molecular weight excluding hydrogens is 432 g/mol. The summed E-state index contributed by atoms with van der Waals surface area (Å²) < 4.78 is 6.73. The van der Waals surface area contributed by atoms with E-state index in [4.69, 9.17) is 4.74 Å². The maximum Gasteiger partial charge on any atom is 0.357 e. The van der Waals surface area contributed by atoms with Crippen molar-refractivity contribution in [2.24, 2.45) is 0 Å². The normalized spacial score (nSPS) is 10.8. The van der Waals surface area contributed by atoms with E-state index in [-0.39, 0.29) is 11.6 Å². The molecule has 0 aliphatic rings. The number of aryl methyl sites for hydroxylation is 3. The maximum absolute atomic E-state index is 12.9. The van der Waals surface area contributed by atoms with Gasteiger partial charge in [-0.2, -0.15) is 0 Å². The van der Waals surface area contributed by atoms with Gasteiger partial charge in [-0.05, 0) is 37.5 Å². The summed E-state index contributed by atoms with van der Waals surface area (Å²) in [5.74, 6) is -0.808. The van der Waals surface area contributed by atoms with Gasteiger partial charge in [0.2, 0.25) is 0 Å². The summed E-state index contributed by atoms with van der Waals surface area (Å²) in [5.41, 5.74) is 2.04. The summed E-state index contributed by atoms with van der Waals surface area (Å²) in [6, 6.07) is 13.8. The lowest BCUT2D eigenvalue weighted by atomic mass is 10.1. The molecule has 1 aromatic carbocycles. The van der Waals surface area contributed by atoms with Gasteiger partial charge in [-0.15, -0.1) is 11.3 Å². The van der Waals surface area contributed by atoms with Crippen molar-refractivity contribution in [3.05, 3.63) is 81.6 Å². The van der Waals surface area contributed by atoms with Gasteiger partial charge in [-0.25, -0.2) is 14.8 Å². The molecule has 1 N–H and O–H groups in total. The lowest BCUT2D eigenvalue weighted by molar-refractivity contribution is 0.0593. The van der Waals surface area contributed by atoms with E-state index in [9.17, 15) is 9.59 Å². The molecule has 3 heterocycles. The minimum absolute atomic E-state index is 0.243. The number of amides is 1. The fourth-order valence-electron chi connectivity index (χ4n) is 3.05. The van der Waals surface area contributed by atoms with Gasteiger partial charge in [0.25, 0.3) is 5.91 Å². The van der Waals surface area contributed by atoms with Crippen LogP contribution in [0.15, 0.2) is 54.9 Å². The number of hydrogen-bond donors (Lipinski definition) is 1. The standard InChI is InChI=1S/C22H20N4O3S2/c1-14-18(31-22(23-14)26-12-6-7-13-26)19(27)25-21-24-17(20(28)29-2)16(30-21)11-10-15-8-4-3-5-9-15/h3-9,12-13H,10-11H2,1-2H3,(H,24,25,27). The molecule has 0 fully saturated rings. The van der Waals surface area contributed by atoms with Crippen LogP contribution in [0.5, 0.6) is 0 Å². The smallest absolute Gasteiger partial charge is 0.357 e. The number of ether oxygens (including phenoxy) is 1. The van der Waals surface area contributed by atoms with E-state index in [1.54, 1.807) is 6.92 Å². The van der Waals surface area contributed by atoms with Crippen molar-refractivity contribution >= 4 is 39.7 Å². The number of methoxy groups -OCH3 is 1. The highest BCUT2D eigenvalue weighted by Crippen LogP contribution is 2.28. The molecule has 9 heteroatoms. The highest BCUT2D eigenvalue weighted by atomic mass is 32.1. The first-order chi connectivity index (χ1) is 15.0. The first-order valence-corrected chi connectivity index (χ1v) is 11.2. The number of benzene rings is 1. The molecule has 158 valence electrons. The number of thiazole rings is 2. The Labute approximate surface area is 187 Å².